The van der Waals surface area contributed by atoms with E-state index in [9.17, 15) is 28.4 Å². The van der Waals surface area contributed by atoms with Gasteiger partial charge in [0.15, 0.2) is 0 Å². The molecule has 2 atom stereocenters. The van der Waals surface area contributed by atoms with Gasteiger partial charge >= 0.3 is 0 Å². The summed E-state index contributed by atoms with van der Waals surface area (Å²) in [4.78, 5) is 77.7. The number of imide groups is 2. The molecule has 4 fully saturated rings. The van der Waals surface area contributed by atoms with Gasteiger partial charge in [0.25, 0.3) is 17.7 Å². The number of nitrogens with one attached hydrogen (secondary N) is 1. The number of halogens is 1. The first-order valence-electron chi connectivity index (χ1n) is 20.6. The summed E-state index contributed by atoms with van der Waals surface area (Å²) in [5.74, 6) is -1.90. The molecule has 3 aromatic rings. The first-order chi connectivity index (χ1) is 27.9. The lowest BCUT2D eigenvalue weighted by Gasteiger charge is -2.40. The molecule has 6 aliphatic heterocycles. The molecule has 58 heavy (non-hydrogen) atoms. The predicted molar refractivity (Wildman–Crippen MR) is 215 cm³/mol. The van der Waals surface area contributed by atoms with Crippen molar-refractivity contribution < 1.29 is 28.4 Å². The number of amides is 5. The third-order valence-electron chi connectivity index (χ3n) is 13.8. The average Bonchev–Trinajstić information content (AvgIpc) is 3.84. The van der Waals surface area contributed by atoms with Gasteiger partial charge in [-0.15, -0.1) is 0 Å². The Bertz CT molecular complexity index is 2230. The van der Waals surface area contributed by atoms with Crippen LogP contribution >= 0.6 is 0 Å². The van der Waals surface area contributed by atoms with Crippen molar-refractivity contribution in [3.8, 4) is 0 Å². The Labute approximate surface area is 337 Å². The number of carbonyl (C=O) groups is 5. The quantitative estimate of drug-likeness (QED) is 0.245. The summed E-state index contributed by atoms with van der Waals surface area (Å²) in [6.07, 6.45) is 5.17. The zero-order valence-corrected chi connectivity index (χ0v) is 33.1. The van der Waals surface area contributed by atoms with Crippen molar-refractivity contribution in [2.45, 2.75) is 84.0 Å². The van der Waals surface area contributed by atoms with Crippen LogP contribution in [0, 0.1) is 30.6 Å². The Hall–Kier alpha value is -5.61. The van der Waals surface area contributed by atoms with Crippen molar-refractivity contribution in [1.29, 1.82) is 0 Å². The fourth-order valence-electron chi connectivity index (χ4n) is 10.5. The topological polar surface area (TPSA) is 118 Å². The lowest BCUT2D eigenvalue weighted by molar-refractivity contribution is -0.136. The SMILES string of the molecule is [C-]#[N+]c1ccc(N2CC3(CCN(c4ccc(C(=O)N5CCC(CN6Cc7cc8c(cc7C6)C(=O)N(C6CCC(=O)NC6=O)C8=O)CC5)cc4)CC3)C[C@@H]2C)c(C)c1F. The van der Waals surface area contributed by atoms with Gasteiger partial charge in [0.05, 0.1) is 17.7 Å². The molecule has 12 nitrogen and oxygen atoms in total. The van der Waals surface area contributed by atoms with Gasteiger partial charge in [0.1, 0.15) is 11.9 Å². The highest BCUT2D eigenvalue weighted by Crippen LogP contribution is 2.47. The van der Waals surface area contributed by atoms with Crippen LogP contribution in [0.3, 0.4) is 0 Å². The maximum Gasteiger partial charge on any atom is 0.262 e. The maximum absolute atomic E-state index is 14.8. The smallest absolute Gasteiger partial charge is 0.262 e. The summed E-state index contributed by atoms with van der Waals surface area (Å²) in [6.45, 7) is 17.6. The Morgan fingerprint density at radius 1 is 0.914 bits per heavy atom. The van der Waals surface area contributed by atoms with Gasteiger partial charge in [0, 0.05) is 81.8 Å². The lowest BCUT2D eigenvalue weighted by atomic mass is 9.76. The number of benzene rings is 3. The molecule has 300 valence electrons. The van der Waals surface area contributed by atoms with Crippen molar-refractivity contribution in [3.05, 3.63) is 99.1 Å². The number of carbonyl (C=O) groups excluding carboxylic acids is 5. The van der Waals surface area contributed by atoms with E-state index in [1.807, 2.05) is 23.1 Å². The van der Waals surface area contributed by atoms with Crippen LogP contribution < -0.4 is 15.1 Å². The summed E-state index contributed by atoms with van der Waals surface area (Å²) in [7, 11) is 0. The summed E-state index contributed by atoms with van der Waals surface area (Å²) >= 11 is 0. The summed E-state index contributed by atoms with van der Waals surface area (Å²) in [5, 5.41) is 2.24. The number of hydrogen-bond acceptors (Lipinski definition) is 8. The standard InChI is InChI=1S/C45H48FN7O5/c1-27-22-45(26-52(27)37-9-8-36(47-3)40(46)28(37)2)14-18-50(19-15-45)33-6-4-30(5-7-33)42(56)51-16-12-29(13-17-51)23-49-24-31-20-34-35(21-32(31)25-49)44(58)53(43(34)57)38-10-11-39(54)48-41(38)55/h4-9,20-21,27,29,38H,10-19,22-26H2,1-2H3,(H,48,54,55)/t27-,38?/m0/s1. The summed E-state index contributed by atoms with van der Waals surface area (Å²) in [5.41, 5.74) is 6.18. The van der Waals surface area contributed by atoms with Crippen LogP contribution in [0.15, 0.2) is 48.5 Å². The van der Waals surface area contributed by atoms with Crippen LogP contribution in [0.1, 0.15) is 99.6 Å². The van der Waals surface area contributed by atoms with Gasteiger partial charge < -0.3 is 14.7 Å². The van der Waals surface area contributed by atoms with Crippen molar-refractivity contribution in [1.82, 2.24) is 20.0 Å². The number of anilines is 2. The molecule has 0 bridgehead atoms. The molecular weight excluding hydrogens is 738 g/mol. The van der Waals surface area contributed by atoms with Crippen molar-refractivity contribution in [2.75, 3.05) is 49.1 Å². The van der Waals surface area contributed by atoms with E-state index < -0.39 is 35.5 Å². The number of likely N-dealkylation sites (tertiary alicyclic amines) is 1. The fraction of sp³-hybridized carbons (Fsp3) is 0.467. The number of fused-ring (bicyclic) bond motifs is 2. The molecule has 1 spiro atoms. The minimum absolute atomic E-state index is 0.0579. The van der Waals surface area contributed by atoms with Gasteiger partial charge in [-0.2, -0.15) is 0 Å². The second-order valence-electron chi connectivity index (χ2n) is 17.4. The minimum Gasteiger partial charge on any atom is -0.371 e. The molecule has 6 aliphatic rings. The molecule has 6 heterocycles. The normalized spacial score (nSPS) is 23.4. The van der Waals surface area contributed by atoms with E-state index in [1.165, 1.54) is 0 Å². The highest BCUT2D eigenvalue weighted by atomic mass is 19.1. The molecule has 0 saturated carbocycles. The third kappa shape index (κ3) is 6.61. The monoisotopic (exact) mass is 785 g/mol. The van der Waals surface area contributed by atoms with Gasteiger partial charge in [-0.05, 0) is 123 Å². The van der Waals surface area contributed by atoms with E-state index in [2.05, 4.69) is 43.9 Å². The highest BCUT2D eigenvalue weighted by molar-refractivity contribution is 6.23. The van der Waals surface area contributed by atoms with Crippen molar-refractivity contribution >= 4 is 46.6 Å². The van der Waals surface area contributed by atoms with Crippen molar-refractivity contribution in [3.63, 3.8) is 0 Å². The van der Waals surface area contributed by atoms with E-state index in [-0.39, 0.29) is 29.9 Å². The lowest BCUT2D eigenvalue weighted by Crippen LogP contribution is -2.54. The molecule has 5 amide bonds. The largest absolute Gasteiger partial charge is 0.371 e. The molecular formula is C45H48FN7O5. The highest BCUT2D eigenvalue weighted by Gasteiger charge is 2.46. The maximum atomic E-state index is 14.8. The van der Waals surface area contributed by atoms with Crippen LogP contribution in [-0.4, -0.2) is 95.6 Å². The van der Waals surface area contributed by atoms with Crippen molar-refractivity contribution in [2.24, 2.45) is 11.3 Å². The number of nitrogens with zero attached hydrogens (tertiary/aromatic N) is 6. The molecule has 0 aromatic heterocycles. The predicted octanol–water partition coefficient (Wildman–Crippen LogP) is 5.84. The molecule has 1 unspecified atom stereocenters. The van der Waals surface area contributed by atoms with Crippen LogP contribution in [0.5, 0.6) is 0 Å². The van der Waals surface area contributed by atoms with Gasteiger partial charge in [-0.3, -0.25) is 39.1 Å². The fourth-order valence-corrected chi connectivity index (χ4v) is 10.5. The van der Waals surface area contributed by atoms with Gasteiger partial charge in [-0.25, -0.2) is 9.24 Å². The van der Waals surface area contributed by atoms with E-state index in [0.29, 0.717) is 60.4 Å². The second kappa shape index (κ2) is 14.6. The Balaban J connectivity index is 0.748. The first-order valence-corrected chi connectivity index (χ1v) is 20.6. The third-order valence-corrected chi connectivity index (χ3v) is 13.8. The van der Waals surface area contributed by atoms with E-state index in [1.54, 1.807) is 25.1 Å². The zero-order chi connectivity index (χ0) is 40.5. The Morgan fingerprint density at radius 3 is 2.19 bits per heavy atom. The molecule has 13 heteroatoms. The van der Waals surface area contributed by atoms with E-state index >= 15 is 0 Å². The second-order valence-corrected chi connectivity index (χ2v) is 17.4. The van der Waals surface area contributed by atoms with Crippen LogP contribution in [-0.2, 0) is 22.7 Å². The average molecular weight is 786 g/mol. The Morgan fingerprint density at radius 2 is 1.57 bits per heavy atom. The van der Waals surface area contributed by atoms with E-state index in [4.69, 9.17) is 6.57 Å². The minimum atomic E-state index is -0.972. The Kier molecular flexibility index (Phi) is 9.58. The summed E-state index contributed by atoms with van der Waals surface area (Å²) in [6, 6.07) is 14.5. The van der Waals surface area contributed by atoms with Gasteiger partial charge in [0.2, 0.25) is 17.5 Å². The molecule has 4 saturated heterocycles. The van der Waals surface area contributed by atoms with Crippen LogP contribution in [0.2, 0.25) is 0 Å². The van der Waals surface area contributed by atoms with Crippen LogP contribution in [0.25, 0.3) is 4.85 Å². The van der Waals surface area contributed by atoms with Gasteiger partial charge in [-0.1, -0.05) is 6.07 Å². The molecule has 3 aromatic carbocycles. The molecule has 0 radical (unpaired) electrons. The number of hydrogen-bond donors (Lipinski definition) is 1. The van der Waals surface area contributed by atoms with E-state index in [0.717, 1.165) is 85.7 Å². The van der Waals surface area contributed by atoms with Crippen LogP contribution in [0.4, 0.5) is 21.5 Å². The number of rotatable bonds is 6. The number of piperidine rings is 3. The summed E-state index contributed by atoms with van der Waals surface area (Å²) < 4.78 is 14.8. The molecule has 1 N–H and O–H groups in total. The zero-order valence-electron chi connectivity index (χ0n) is 33.1. The molecule has 0 aliphatic carbocycles. The first kappa shape index (κ1) is 37.9. The molecule has 9 rings (SSSR count).